The third-order valence-corrected chi connectivity index (χ3v) is 3.91. The number of nitrogens with one attached hydrogen (secondary N) is 2. The fourth-order valence-electron chi connectivity index (χ4n) is 1.39. The largest absolute Gasteiger partial charge is 0.314 e. The second kappa shape index (κ2) is 5.42. The third-order valence-electron chi connectivity index (χ3n) is 2.16. The summed E-state index contributed by atoms with van der Waals surface area (Å²) in [6.45, 7) is 3.99. The van der Waals surface area contributed by atoms with E-state index in [9.17, 15) is 8.42 Å². The molecular formula is C8H16N4O2S. The highest BCUT2D eigenvalue weighted by atomic mass is 32.2. The first-order chi connectivity index (χ1) is 7.06. The van der Waals surface area contributed by atoms with Gasteiger partial charge < -0.3 is 5.32 Å². The van der Waals surface area contributed by atoms with Crippen LogP contribution >= 0.6 is 0 Å². The molecule has 0 aromatic heterocycles. The summed E-state index contributed by atoms with van der Waals surface area (Å²) in [6, 6.07) is 1.60. The van der Waals surface area contributed by atoms with Gasteiger partial charge in [0.1, 0.15) is 0 Å². The van der Waals surface area contributed by atoms with Crippen molar-refractivity contribution < 1.29 is 8.42 Å². The Bertz CT molecular complexity index is 329. The molecule has 0 amide bonds. The molecule has 1 fully saturated rings. The Hall–Kier alpha value is -0.680. The average molecular weight is 232 g/mol. The van der Waals surface area contributed by atoms with E-state index in [1.165, 1.54) is 4.31 Å². The molecule has 6 nitrogen and oxygen atoms in total. The minimum atomic E-state index is -3.41. The van der Waals surface area contributed by atoms with Crippen molar-refractivity contribution in [2.75, 3.05) is 26.2 Å². The van der Waals surface area contributed by atoms with Gasteiger partial charge in [-0.3, -0.25) is 0 Å². The van der Waals surface area contributed by atoms with Crippen LogP contribution in [0.4, 0.5) is 0 Å². The Balaban J connectivity index is 2.54. The predicted octanol–water partition coefficient (Wildman–Crippen LogP) is -0.972. The van der Waals surface area contributed by atoms with E-state index in [2.05, 4.69) is 10.0 Å². The van der Waals surface area contributed by atoms with Gasteiger partial charge in [0.05, 0.1) is 12.5 Å². The van der Waals surface area contributed by atoms with Crippen LogP contribution in [0.5, 0.6) is 0 Å². The van der Waals surface area contributed by atoms with E-state index in [1.807, 2.05) is 6.07 Å². The van der Waals surface area contributed by atoms with Crippen molar-refractivity contribution in [1.29, 1.82) is 5.26 Å². The summed E-state index contributed by atoms with van der Waals surface area (Å²) in [7, 11) is -3.41. The zero-order chi connectivity index (χ0) is 11.3. The van der Waals surface area contributed by atoms with Crippen molar-refractivity contribution in [2.45, 2.75) is 19.4 Å². The lowest BCUT2D eigenvalue weighted by Crippen LogP contribution is -2.52. The summed E-state index contributed by atoms with van der Waals surface area (Å²) < 4.78 is 27.4. The van der Waals surface area contributed by atoms with Crippen molar-refractivity contribution in [3.05, 3.63) is 0 Å². The van der Waals surface area contributed by atoms with E-state index < -0.39 is 10.2 Å². The lowest BCUT2D eigenvalue weighted by molar-refractivity contribution is 0.352. The molecule has 0 bridgehead atoms. The van der Waals surface area contributed by atoms with Crippen LogP contribution in [0.25, 0.3) is 0 Å². The molecule has 0 saturated carbocycles. The molecule has 0 aromatic rings. The molecule has 1 heterocycles. The number of rotatable bonds is 4. The average Bonchev–Trinajstić information content (AvgIpc) is 2.18. The first-order valence-electron chi connectivity index (χ1n) is 4.91. The van der Waals surface area contributed by atoms with Gasteiger partial charge >= 0.3 is 0 Å². The minimum Gasteiger partial charge on any atom is -0.314 e. The second-order valence-electron chi connectivity index (χ2n) is 3.54. The van der Waals surface area contributed by atoms with Crippen LogP contribution in [-0.2, 0) is 10.2 Å². The van der Waals surface area contributed by atoms with Crippen molar-refractivity contribution in [3.8, 4) is 6.07 Å². The van der Waals surface area contributed by atoms with Crippen LogP contribution in [0.3, 0.4) is 0 Å². The van der Waals surface area contributed by atoms with E-state index in [-0.39, 0.29) is 12.5 Å². The van der Waals surface area contributed by atoms with E-state index in [1.54, 1.807) is 6.92 Å². The fraction of sp³-hybridized carbons (Fsp3) is 0.875. The van der Waals surface area contributed by atoms with Gasteiger partial charge in [-0.05, 0) is 6.92 Å². The van der Waals surface area contributed by atoms with Crippen LogP contribution in [0.1, 0.15) is 13.3 Å². The topological polar surface area (TPSA) is 85.2 Å². The molecule has 0 radical (unpaired) electrons. The molecule has 2 N–H and O–H groups in total. The third kappa shape index (κ3) is 3.76. The van der Waals surface area contributed by atoms with Gasteiger partial charge in [0.15, 0.2) is 0 Å². The van der Waals surface area contributed by atoms with Crippen molar-refractivity contribution >= 4 is 10.2 Å². The Kier molecular flexibility index (Phi) is 4.47. The summed E-state index contributed by atoms with van der Waals surface area (Å²) in [5.41, 5.74) is 0. The molecule has 15 heavy (non-hydrogen) atoms. The zero-order valence-corrected chi connectivity index (χ0v) is 9.55. The van der Waals surface area contributed by atoms with Gasteiger partial charge in [-0.25, -0.2) is 0 Å². The van der Waals surface area contributed by atoms with Gasteiger partial charge in [-0.15, -0.1) is 0 Å². The Morgan fingerprint density at radius 2 is 2.13 bits per heavy atom. The van der Waals surface area contributed by atoms with Crippen LogP contribution in [-0.4, -0.2) is 44.9 Å². The van der Waals surface area contributed by atoms with Crippen molar-refractivity contribution in [3.63, 3.8) is 0 Å². The number of nitriles is 1. The molecule has 0 aliphatic carbocycles. The van der Waals surface area contributed by atoms with Crippen LogP contribution in [0.15, 0.2) is 0 Å². The molecule has 86 valence electrons. The maximum atomic E-state index is 11.7. The monoisotopic (exact) mass is 232 g/mol. The van der Waals surface area contributed by atoms with Crippen LogP contribution < -0.4 is 10.0 Å². The molecule has 1 atom stereocenters. The first kappa shape index (κ1) is 12.4. The van der Waals surface area contributed by atoms with Gasteiger partial charge in [-0.2, -0.15) is 22.7 Å². The molecule has 1 rings (SSSR count). The SMILES string of the molecule is CC(CC#N)NS(=O)(=O)N1CCNCC1. The Morgan fingerprint density at radius 1 is 1.53 bits per heavy atom. The molecule has 1 aliphatic rings. The number of nitrogens with zero attached hydrogens (tertiary/aromatic N) is 2. The minimum absolute atomic E-state index is 0.186. The summed E-state index contributed by atoms with van der Waals surface area (Å²) >= 11 is 0. The Labute approximate surface area is 90.4 Å². The Morgan fingerprint density at radius 3 is 2.67 bits per heavy atom. The smallest absolute Gasteiger partial charge is 0.279 e. The first-order valence-corrected chi connectivity index (χ1v) is 6.35. The van der Waals surface area contributed by atoms with Gasteiger partial charge in [0, 0.05) is 32.2 Å². The quantitative estimate of drug-likeness (QED) is 0.653. The van der Waals surface area contributed by atoms with Gasteiger partial charge in [0.2, 0.25) is 0 Å². The fourth-order valence-corrected chi connectivity index (χ4v) is 2.80. The number of hydrogen-bond donors (Lipinski definition) is 2. The summed E-state index contributed by atoms with van der Waals surface area (Å²) in [5, 5.41) is 11.5. The summed E-state index contributed by atoms with van der Waals surface area (Å²) in [5.74, 6) is 0. The molecule has 1 saturated heterocycles. The molecular weight excluding hydrogens is 216 g/mol. The maximum absolute atomic E-state index is 11.7. The lowest BCUT2D eigenvalue weighted by Gasteiger charge is -2.27. The summed E-state index contributed by atoms with van der Waals surface area (Å²) in [6.07, 6.45) is 0.186. The van der Waals surface area contributed by atoms with Crippen LogP contribution in [0.2, 0.25) is 0 Å². The highest BCUT2D eigenvalue weighted by molar-refractivity contribution is 7.87. The number of piperazine rings is 1. The van der Waals surface area contributed by atoms with E-state index >= 15 is 0 Å². The predicted molar refractivity (Wildman–Crippen MR) is 56.2 cm³/mol. The van der Waals surface area contributed by atoms with E-state index in [0.717, 1.165) is 0 Å². The second-order valence-corrected chi connectivity index (χ2v) is 5.24. The number of hydrogen-bond acceptors (Lipinski definition) is 4. The lowest BCUT2D eigenvalue weighted by atomic mass is 10.3. The summed E-state index contributed by atoms with van der Waals surface area (Å²) in [4.78, 5) is 0. The maximum Gasteiger partial charge on any atom is 0.279 e. The van der Waals surface area contributed by atoms with E-state index in [4.69, 9.17) is 5.26 Å². The molecule has 1 unspecified atom stereocenters. The van der Waals surface area contributed by atoms with E-state index in [0.29, 0.717) is 26.2 Å². The molecule has 1 aliphatic heterocycles. The highest BCUT2D eigenvalue weighted by Crippen LogP contribution is 2.02. The van der Waals surface area contributed by atoms with Crippen molar-refractivity contribution in [2.24, 2.45) is 0 Å². The van der Waals surface area contributed by atoms with Gasteiger partial charge in [-0.1, -0.05) is 0 Å². The standard InChI is InChI=1S/C8H16N4O2S/c1-8(2-3-9)11-15(13,14)12-6-4-10-5-7-12/h8,10-11H,2,4-7H2,1H3. The molecule has 0 aromatic carbocycles. The van der Waals surface area contributed by atoms with Crippen LogP contribution in [0, 0.1) is 11.3 Å². The van der Waals surface area contributed by atoms with Gasteiger partial charge in [0.25, 0.3) is 10.2 Å². The van der Waals surface area contributed by atoms with Crippen molar-refractivity contribution in [1.82, 2.24) is 14.3 Å². The molecule has 0 spiro atoms. The molecule has 7 heteroatoms. The normalized spacial score (nSPS) is 20.8. The zero-order valence-electron chi connectivity index (χ0n) is 8.73. The highest BCUT2D eigenvalue weighted by Gasteiger charge is 2.24.